The van der Waals surface area contributed by atoms with Crippen LogP contribution in [0.2, 0.25) is 0 Å². The van der Waals surface area contributed by atoms with Gasteiger partial charge in [0.1, 0.15) is 23.1 Å². The maximum absolute atomic E-state index is 13.7. The van der Waals surface area contributed by atoms with Crippen molar-refractivity contribution < 1.29 is 18.8 Å². The van der Waals surface area contributed by atoms with E-state index in [2.05, 4.69) is 20.4 Å². The van der Waals surface area contributed by atoms with Gasteiger partial charge in [-0.2, -0.15) is 0 Å². The van der Waals surface area contributed by atoms with Gasteiger partial charge in [0, 0.05) is 23.2 Å². The number of aryl methyl sites for hydroxylation is 1. The molecule has 3 N–H and O–H groups in total. The van der Waals surface area contributed by atoms with Crippen molar-refractivity contribution >= 4 is 5.91 Å². The second-order valence-electron chi connectivity index (χ2n) is 6.68. The number of imidazole rings is 1. The summed E-state index contributed by atoms with van der Waals surface area (Å²) >= 11 is 0. The SMILES string of the molecule is Cc1onc(-c2cccc(F)c2)c1-c1cnc(-c2ccc(C(=O)NCCO)cc2)[nH]1. The largest absolute Gasteiger partial charge is 0.395 e. The lowest BCUT2D eigenvalue weighted by atomic mass is 10.0. The summed E-state index contributed by atoms with van der Waals surface area (Å²) in [6, 6.07) is 13.1. The van der Waals surface area contributed by atoms with E-state index in [-0.39, 0.29) is 24.9 Å². The van der Waals surface area contributed by atoms with E-state index in [1.54, 1.807) is 49.5 Å². The van der Waals surface area contributed by atoms with Crippen LogP contribution >= 0.6 is 0 Å². The molecule has 30 heavy (non-hydrogen) atoms. The normalized spacial score (nSPS) is 10.9. The van der Waals surface area contributed by atoms with Gasteiger partial charge in [-0.15, -0.1) is 0 Å². The Morgan fingerprint density at radius 3 is 2.73 bits per heavy atom. The standard InChI is InChI=1S/C22H19FN4O3/c1-13-19(20(27-30-13)16-3-2-4-17(23)11-16)18-12-25-21(26-18)14-5-7-15(8-6-14)22(29)24-9-10-28/h2-8,11-12,28H,9-10H2,1H3,(H,24,29)(H,25,26). The molecule has 0 aliphatic carbocycles. The lowest BCUT2D eigenvalue weighted by Crippen LogP contribution is -2.26. The molecule has 2 heterocycles. The number of hydrogen-bond acceptors (Lipinski definition) is 5. The van der Waals surface area contributed by atoms with Crippen molar-refractivity contribution in [3.8, 4) is 33.9 Å². The first-order chi connectivity index (χ1) is 14.6. The van der Waals surface area contributed by atoms with Crippen LogP contribution in [-0.4, -0.2) is 39.3 Å². The number of rotatable bonds is 6. The van der Waals surface area contributed by atoms with Crippen LogP contribution in [0.3, 0.4) is 0 Å². The van der Waals surface area contributed by atoms with E-state index in [0.29, 0.717) is 39.7 Å². The molecule has 0 atom stereocenters. The van der Waals surface area contributed by atoms with Crippen molar-refractivity contribution in [1.82, 2.24) is 20.4 Å². The number of amides is 1. The average Bonchev–Trinajstić information content (AvgIpc) is 3.38. The molecule has 2 aromatic heterocycles. The van der Waals surface area contributed by atoms with E-state index in [9.17, 15) is 9.18 Å². The molecule has 0 saturated heterocycles. The Balaban J connectivity index is 1.63. The predicted molar refractivity (Wildman–Crippen MR) is 109 cm³/mol. The molecular formula is C22H19FN4O3. The number of carbonyl (C=O) groups is 1. The molecule has 0 unspecified atom stereocenters. The topological polar surface area (TPSA) is 104 Å². The number of halogens is 1. The minimum atomic E-state index is -0.354. The molecule has 0 bridgehead atoms. The Morgan fingerprint density at radius 2 is 2.00 bits per heavy atom. The third-order valence-corrected chi connectivity index (χ3v) is 4.62. The summed E-state index contributed by atoms with van der Waals surface area (Å²) < 4.78 is 19.0. The van der Waals surface area contributed by atoms with Crippen molar-refractivity contribution in [2.24, 2.45) is 0 Å². The highest BCUT2D eigenvalue weighted by atomic mass is 19.1. The first kappa shape index (κ1) is 19.5. The van der Waals surface area contributed by atoms with Gasteiger partial charge in [0.05, 0.1) is 24.1 Å². The van der Waals surface area contributed by atoms with Crippen molar-refractivity contribution in [2.75, 3.05) is 13.2 Å². The van der Waals surface area contributed by atoms with E-state index < -0.39 is 0 Å². The predicted octanol–water partition coefficient (Wildman–Crippen LogP) is 3.57. The van der Waals surface area contributed by atoms with E-state index in [0.717, 1.165) is 5.56 Å². The van der Waals surface area contributed by atoms with Crippen LogP contribution in [0.1, 0.15) is 16.1 Å². The van der Waals surface area contributed by atoms with E-state index in [1.165, 1.54) is 12.1 Å². The maximum atomic E-state index is 13.7. The molecule has 1 amide bonds. The minimum absolute atomic E-state index is 0.112. The number of aliphatic hydroxyl groups excluding tert-OH is 1. The molecule has 152 valence electrons. The van der Waals surface area contributed by atoms with Crippen molar-refractivity contribution in [3.05, 3.63) is 71.9 Å². The third-order valence-electron chi connectivity index (χ3n) is 4.62. The molecular weight excluding hydrogens is 387 g/mol. The summed E-state index contributed by atoms with van der Waals surface area (Å²) in [5.41, 5.74) is 3.81. The van der Waals surface area contributed by atoms with Gasteiger partial charge in [-0.1, -0.05) is 29.4 Å². The lowest BCUT2D eigenvalue weighted by Gasteiger charge is -2.04. The monoisotopic (exact) mass is 406 g/mol. The van der Waals surface area contributed by atoms with Gasteiger partial charge in [-0.3, -0.25) is 4.79 Å². The van der Waals surface area contributed by atoms with Crippen molar-refractivity contribution in [2.45, 2.75) is 6.92 Å². The zero-order chi connectivity index (χ0) is 21.1. The van der Waals surface area contributed by atoms with Crippen LogP contribution in [-0.2, 0) is 0 Å². The first-order valence-corrected chi connectivity index (χ1v) is 9.34. The number of nitrogens with one attached hydrogen (secondary N) is 2. The van der Waals surface area contributed by atoms with Gasteiger partial charge in [-0.05, 0) is 31.2 Å². The van der Waals surface area contributed by atoms with Gasteiger partial charge in [-0.25, -0.2) is 9.37 Å². The van der Waals surface area contributed by atoms with Crippen LogP contribution in [0.4, 0.5) is 4.39 Å². The maximum Gasteiger partial charge on any atom is 0.251 e. The van der Waals surface area contributed by atoms with Gasteiger partial charge >= 0.3 is 0 Å². The molecule has 4 rings (SSSR count). The minimum Gasteiger partial charge on any atom is -0.395 e. The number of aliphatic hydroxyl groups is 1. The van der Waals surface area contributed by atoms with E-state index in [1.807, 2.05) is 0 Å². The van der Waals surface area contributed by atoms with Crippen LogP contribution in [0.5, 0.6) is 0 Å². The average molecular weight is 406 g/mol. The second-order valence-corrected chi connectivity index (χ2v) is 6.68. The molecule has 0 spiro atoms. The molecule has 0 fully saturated rings. The van der Waals surface area contributed by atoms with Gasteiger partial charge in [0.15, 0.2) is 0 Å². The molecule has 4 aromatic rings. The summed E-state index contributed by atoms with van der Waals surface area (Å²) in [5.74, 6) is 0.585. The molecule has 0 radical (unpaired) electrons. The smallest absolute Gasteiger partial charge is 0.251 e. The van der Waals surface area contributed by atoms with Crippen LogP contribution in [0.25, 0.3) is 33.9 Å². The Morgan fingerprint density at radius 1 is 1.20 bits per heavy atom. The Hall–Kier alpha value is -3.78. The summed E-state index contributed by atoms with van der Waals surface area (Å²) in [6.45, 7) is 1.87. The van der Waals surface area contributed by atoms with Crippen LogP contribution in [0.15, 0.2) is 59.3 Å². The summed E-state index contributed by atoms with van der Waals surface area (Å²) in [6.07, 6.45) is 1.67. The first-order valence-electron chi connectivity index (χ1n) is 9.34. The number of carbonyl (C=O) groups excluding carboxylic acids is 1. The lowest BCUT2D eigenvalue weighted by molar-refractivity contribution is 0.0945. The molecule has 2 aromatic carbocycles. The van der Waals surface area contributed by atoms with Crippen LogP contribution in [0, 0.1) is 12.7 Å². The number of aromatic nitrogens is 3. The fraction of sp³-hybridized carbons (Fsp3) is 0.136. The van der Waals surface area contributed by atoms with Gasteiger partial charge < -0.3 is 19.9 Å². The molecule has 0 aliphatic heterocycles. The molecule has 7 nitrogen and oxygen atoms in total. The number of H-pyrrole nitrogens is 1. The van der Waals surface area contributed by atoms with E-state index in [4.69, 9.17) is 9.63 Å². The summed E-state index contributed by atoms with van der Waals surface area (Å²) in [7, 11) is 0. The zero-order valence-electron chi connectivity index (χ0n) is 16.1. The number of benzene rings is 2. The fourth-order valence-corrected chi connectivity index (χ4v) is 3.17. The van der Waals surface area contributed by atoms with Crippen molar-refractivity contribution in [3.63, 3.8) is 0 Å². The number of hydrogen-bond donors (Lipinski definition) is 3. The molecule has 0 saturated carbocycles. The second kappa shape index (κ2) is 8.30. The Bertz CT molecular complexity index is 1180. The van der Waals surface area contributed by atoms with Gasteiger partial charge in [0.25, 0.3) is 5.91 Å². The quantitative estimate of drug-likeness (QED) is 0.454. The highest BCUT2D eigenvalue weighted by Gasteiger charge is 2.19. The summed E-state index contributed by atoms with van der Waals surface area (Å²) in [5, 5.41) is 15.5. The highest BCUT2D eigenvalue weighted by molar-refractivity contribution is 5.94. The third kappa shape index (κ3) is 3.85. The molecule has 0 aliphatic rings. The highest BCUT2D eigenvalue weighted by Crippen LogP contribution is 2.34. The summed E-state index contributed by atoms with van der Waals surface area (Å²) in [4.78, 5) is 19.6. The van der Waals surface area contributed by atoms with Crippen molar-refractivity contribution in [1.29, 1.82) is 0 Å². The fourth-order valence-electron chi connectivity index (χ4n) is 3.17. The van der Waals surface area contributed by atoms with Gasteiger partial charge in [0.2, 0.25) is 0 Å². The number of nitrogens with zero attached hydrogens (tertiary/aromatic N) is 2. The zero-order valence-corrected chi connectivity index (χ0v) is 16.1. The number of aromatic amines is 1. The Kier molecular flexibility index (Phi) is 5.40. The molecule has 8 heteroatoms. The van der Waals surface area contributed by atoms with Crippen LogP contribution < -0.4 is 5.32 Å². The Labute approximate surface area is 171 Å². The van der Waals surface area contributed by atoms with E-state index >= 15 is 0 Å².